The third-order valence-electron chi connectivity index (χ3n) is 2.32. The Balaban J connectivity index is 1.97. The second-order valence-corrected chi connectivity index (χ2v) is 4.32. The largest absolute Gasteiger partial charge is 0.487 e. The average molecular weight is 276 g/mol. The van der Waals surface area contributed by atoms with Crippen molar-refractivity contribution in [2.24, 2.45) is 7.05 Å². The van der Waals surface area contributed by atoms with E-state index in [4.69, 9.17) is 16.3 Å². The lowest BCUT2D eigenvalue weighted by Gasteiger charge is -2.03. The molecule has 0 unspecified atom stereocenters. The summed E-state index contributed by atoms with van der Waals surface area (Å²) in [4.78, 5) is 0. The van der Waals surface area contributed by atoms with Gasteiger partial charge in [0.1, 0.15) is 18.1 Å². The molecule has 2 rings (SSSR count). The van der Waals surface area contributed by atoms with E-state index in [0.29, 0.717) is 18.9 Å². The number of aryl methyl sites for hydroxylation is 1. The van der Waals surface area contributed by atoms with Gasteiger partial charge in [0.05, 0.1) is 6.20 Å². The van der Waals surface area contributed by atoms with Crippen molar-refractivity contribution in [2.45, 2.75) is 13.0 Å². The molecular formula is C14H14ClN3O. The first-order valence-electron chi connectivity index (χ1n) is 5.91. The zero-order chi connectivity index (χ0) is 13.5. The molecule has 0 spiro atoms. The maximum atomic E-state index is 5.64. The van der Waals surface area contributed by atoms with E-state index >= 15 is 0 Å². The van der Waals surface area contributed by atoms with Gasteiger partial charge in [-0.3, -0.25) is 4.68 Å². The van der Waals surface area contributed by atoms with Crippen molar-refractivity contribution in [2.75, 3.05) is 5.88 Å². The minimum Gasteiger partial charge on any atom is -0.487 e. The smallest absolute Gasteiger partial charge is 0.134 e. The van der Waals surface area contributed by atoms with Crippen LogP contribution in [0.4, 0.5) is 0 Å². The number of alkyl halides is 1. The van der Waals surface area contributed by atoms with Crippen LogP contribution in [0, 0.1) is 11.8 Å². The molecule has 0 aliphatic heterocycles. The van der Waals surface area contributed by atoms with Crippen molar-refractivity contribution in [3.63, 3.8) is 0 Å². The normalized spacial score (nSPS) is 9.79. The average Bonchev–Trinajstić information content (AvgIpc) is 2.83. The molecule has 0 aliphatic carbocycles. The third-order valence-corrected chi connectivity index (χ3v) is 2.51. The van der Waals surface area contributed by atoms with Gasteiger partial charge in [-0.25, -0.2) is 0 Å². The minimum absolute atomic E-state index is 0.395. The van der Waals surface area contributed by atoms with Crippen LogP contribution < -0.4 is 4.74 Å². The summed E-state index contributed by atoms with van der Waals surface area (Å²) in [6.45, 7) is 0.395. The Labute approximate surface area is 117 Å². The molecule has 0 saturated carbocycles. The highest BCUT2D eigenvalue weighted by Crippen LogP contribution is 2.14. The van der Waals surface area contributed by atoms with Gasteiger partial charge in [0, 0.05) is 24.9 Å². The SMILES string of the molecule is Cn1cc(COc2cccc(C#CCCCl)c2)nn1. The molecule has 0 amide bonds. The van der Waals surface area contributed by atoms with Gasteiger partial charge in [-0.05, 0) is 18.2 Å². The molecule has 0 atom stereocenters. The molecule has 1 aromatic heterocycles. The van der Waals surface area contributed by atoms with E-state index in [1.807, 2.05) is 37.5 Å². The molecule has 0 N–H and O–H groups in total. The van der Waals surface area contributed by atoms with Gasteiger partial charge < -0.3 is 4.74 Å². The number of nitrogens with zero attached hydrogens (tertiary/aromatic N) is 3. The molecule has 0 aliphatic rings. The maximum Gasteiger partial charge on any atom is 0.134 e. The summed E-state index contributed by atoms with van der Waals surface area (Å²) in [5.74, 6) is 7.35. The van der Waals surface area contributed by atoms with Crippen LogP contribution in [0.25, 0.3) is 0 Å². The van der Waals surface area contributed by atoms with E-state index in [1.165, 1.54) is 0 Å². The molecule has 4 nitrogen and oxygen atoms in total. The van der Waals surface area contributed by atoms with Crippen LogP contribution in [0.3, 0.4) is 0 Å². The summed E-state index contributed by atoms with van der Waals surface area (Å²) in [6, 6.07) is 7.65. The molecule has 98 valence electrons. The fraction of sp³-hybridized carbons (Fsp3) is 0.286. The first-order valence-corrected chi connectivity index (χ1v) is 6.44. The molecule has 1 heterocycles. The Morgan fingerprint density at radius 1 is 1.42 bits per heavy atom. The molecular weight excluding hydrogens is 262 g/mol. The van der Waals surface area contributed by atoms with E-state index in [9.17, 15) is 0 Å². The van der Waals surface area contributed by atoms with Gasteiger partial charge >= 0.3 is 0 Å². The van der Waals surface area contributed by atoms with Crippen LogP contribution in [0.2, 0.25) is 0 Å². The van der Waals surface area contributed by atoms with Crippen LogP contribution in [-0.4, -0.2) is 20.9 Å². The molecule has 2 aromatic rings. The topological polar surface area (TPSA) is 39.9 Å². The predicted octanol–water partition coefficient (Wildman–Crippen LogP) is 2.37. The quantitative estimate of drug-likeness (QED) is 0.635. The molecule has 0 fully saturated rings. The van der Waals surface area contributed by atoms with E-state index in [1.54, 1.807) is 4.68 Å². The Bertz CT molecular complexity index is 598. The summed E-state index contributed by atoms with van der Waals surface area (Å²) in [5.41, 5.74) is 1.71. The lowest BCUT2D eigenvalue weighted by molar-refractivity contribution is 0.301. The standard InChI is InChI=1S/C14H14ClN3O/c1-18-10-13(16-17-18)11-19-14-7-4-6-12(9-14)5-2-3-8-15/h4,6-7,9-10H,3,8,11H2,1H3. The summed E-state index contributed by atoms with van der Waals surface area (Å²) in [5, 5.41) is 7.81. The van der Waals surface area contributed by atoms with Crippen LogP contribution in [0.5, 0.6) is 5.75 Å². The number of rotatable bonds is 4. The van der Waals surface area contributed by atoms with Gasteiger partial charge in [-0.15, -0.1) is 16.7 Å². The van der Waals surface area contributed by atoms with Crippen molar-refractivity contribution in [3.8, 4) is 17.6 Å². The van der Waals surface area contributed by atoms with Crippen LogP contribution in [-0.2, 0) is 13.7 Å². The first kappa shape index (κ1) is 13.4. The van der Waals surface area contributed by atoms with Gasteiger partial charge in [0.2, 0.25) is 0 Å². The summed E-state index contributed by atoms with van der Waals surface area (Å²) in [7, 11) is 1.82. The van der Waals surface area contributed by atoms with Crippen LogP contribution in [0.15, 0.2) is 30.5 Å². The highest BCUT2D eigenvalue weighted by molar-refractivity contribution is 6.18. The fourth-order valence-electron chi connectivity index (χ4n) is 1.49. The summed E-state index contributed by atoms with van der Waals surface area (Å²) < 4.78 is 7.29. The van der Waals surface area contributed by atoms with Crippen molar-refractivity contribution in [1.82, 2.24) is 15.0 Å². The van der Waals surface area contributed by atoms with E-state index in [0.717, 1.165) is 17.0 Å². The van der Waals surface area contributed by atoms with Crippen LogP contribution >= 0.6 is 11.6 Å². The third kappa shape index (κ3) is 4.31. The Morgan fingerprint density at radius 3 is 3.05 bits per heavy atom. The lowest BCUT2D eigenvalue weighted by atomic mass is 10.2. The molecule has 1 aromatic carbocycles. The minimum atomic E-state index is 0.395. The highest BCUT2D eigenvalue weighted by Gasteiger charge is 2.00. The molecule has 19 heavy (non-hydrogen) atoms. The number of aromatic nitrogens is 3. The second-order valence-electron chi connectivity index (χ2n) is 3.94. The molecule has 0 bridgehead atoms. The monoisotopic (exact) mass is 275 g/mol. The van der Waals surface area contributed by atoms with Crippen LogP contribution in [0.1, 0.15) is 17.7 Å². The van der Waals surface area contributed by atoms with Crippen molar-refractivity contribution in [3.05, 3.63) is 41.7 Å². The zero-order valence-corrected chi connectivity index (χ0v) is 11.4. The van der Waals surface area contributed by atoms with E-state index < -0.39 is 0 Å². The Hall–Kier alpha value is -1.99. The van der Waals surface area contributed by atoms with Crippen molar-refractivity contribution >= 4 is 11.6 Å². The second kappa shape index (κ2) is 6.81. The van der Waals surface area contributed by atoms with Crippen molar-refractivity contribution < 1.29 is 4.74 Å². The summed E-state index contributed by atoms with van der Waals surface area (Å²) >= 11 is 5.58. The number of hydrogen-bond donors (Lipinski definition) is 0. The molecule has 0 radical (unpaired) electrons. The first-order chi connectivity index (χ1) is 9.28. The zero-order valence-electron chi connectivity index (χ0n) is 10.6. The number of hydrogen-bond acceptors (Lipinski definition) is 3. The van der Waals surface area contributed by atoms with Gasteiger partial charge in [-0.1, -0.05) is 23.1 Å². The molecule has 5 heteroatoms. The predicted molar refractivity (Wildman–Crippen MR) is 74.0 cm³/mol. The van der Waals surface area contributed by atoms with Gasteiger partial charge in [-0.2, -0.15) is 0 Å². The Kier molecular flexibility index (Phi) is 4.82. The Morgan fingerprint density at radius 2 is 2.32 bits per heavy atom. The van der Waals surface area contributed by atoms with Crippen molar-refractivity contribution in [1.29, 1.82) is 0 Å². The summed E-state index contributed by atoms with van der Waals surface area (Å²) in [6.07, 6.45) is 2.51. The molecule has 0 saturated heterocycles. The van der Waals surface area contributed by atoms with E-state index in [-0.39, 0.29) is 0 Å². The van der Waals surface area contributed by atoms with Gasteiger partial charge in [0.25, 0.3) is 0 Å². The van der Waals surface area contributed by atoms with E-state index in [2.05, 4.69) is 22.2 Å². The number of ether oxygens (including phenoxy) is 1. The fourth-order valence-corrected chi connectivity index (χ4v) is 1.59. The highest BCUT2D eigenvalue weighted by atomic mass is 35.5. The lowest BCUT2D eigenvalue weighted by Crippen LogP contribution is -1.96. The number of benzene rings is 1. The van der Waals surface area contributed by atoms with Gasteiger partial charge in [0.15, 0.2) is 0 Å². The number of halogens is 1. The maximum absolute atomic E-state index is 5.64.